The molecule has 0 bridgehead atoms. The highest BCUT2D eigenvalue weighted by atomic mass is 16.6. The Morgan fingerprint density at radius 1 is 1.11 bits per heavy atom. The molecule has 0 unspecified atom stereocenters. The molecule has 0 fully saturated rings. The molecule has 0 radical (unpaired) electrons. The Morgan fingerprint density at radius 2 is 1.74 bits per heavy atom. The van der Waals surface area contributed by atoms with Crippen LogP contribution in [0.2, 0.25) is 0 Å². The number of aromatic carboxylic acids is 1. The molecule has 1 aromatic heterocycles. The van der Waals surface area contributed by atoms with E-state index in [9.17, 15) is 19.7 Å². The highest BCUT2D eigenvalue weighted by molar-refractivity contribution is 6.10. The first-order chi connectivity index (χ1) is 9.00. The van der Waals surface area contributed by atoms with Crippen molar-refractivity contribution >= 4 is 17.4 Å². The van der Waals surface area contributed by atoms with Gasteiger partial charge in [-0.25, -0.2) is 4.79 Å². The van der Waals surface area contributed by atoms with Crippen LogP contribution in [0.1, 0.15) is 26.7 Å². The molecule has 96 valence electrons. The minimum Gasteiger partial charge on any atom is -0.475 e. The number of hydrogen-bond acceptors (Lipinski definition) is 5. The Bertz CT molecular complexity index is 672. The molecule has 0 atom stereocenters. The maximum Gasteiger partial charge on any atom is 0.371 e. The van der Waals surface area contributed by atoms with Crippen LogP contribution in [0.5, 0.6) is 0 Å². The largest absolute Gasteiger partial charge is 0.475 e. The van der Waals surface area contributed by atoms with E-state index in [2.05, 4.69) is 0 Å². The second kappa shape index (κ2) is 4.73. The van der Waals surface area contributed by atoms with E-state index in [0.29, 0.717) is 0 Å². The first-order valence-electron chi connectivity index (χ1n) is 5.12. The topological polar surface area (TPSA) is 111 Å². The molecule has 2 rings (SSSR count). The van der Waals surface area contributed by atoms with Gasteiger partial charge in [-0.05, 0) is 18.2 Å². The normalized spacial score (nSPS) is 10.1. The summed E-state index contributed by atoms with van der Waals surface area (Å²) in [5, 5.41) is 19.5. The lowest BCUT2D eigenvalue weighted by Crippen LogP contribution is -2.04. The van der Waals surface area contributed by atoms with Gasteiger partial charge >= 0.3 is 5.97 Å². The average Bonchev–Trinajstić information content (AvgIpc) is 2.87. The van der Waals surface area contributed by atoms with E-state index in [-0.39, 0.29) is 17.0 Å². The van der Waals surface area contributed by atoms with Crippen LogP contribution in [0.25, 0.3) is 0 Å². The fourth-order valence-corrected chi connectivity index (χ4v) is 1.53. The SMILES string of the molecule is O=C(O)c1ccc(C(=O)c2ccccc2[N+](=O)[O-])o1. The van der Waals surface area contributed by atoms with E-state index in [1.807, 2.05) is 0 Å². The summed E-state index contributed by atoms with van der Waals surface area (Å²) < 4.78 is 4.82. The van der Waals surface area contributed by atoms with Gasteiger partial charge < -0.3 is 9.52 Å². The van der Waals surface area contributed by atoms with E-state index < -0.39 is 22.4 Å². The maximum atomic E-state index is 12.0. The Hall–Kier alpha value is -2.96. The maximum absolute atomic E-state index is 12.0. The quantitative estimate of drug-likeness (QED) is 0.512. The predicted molar refractivity (Wildman–Crippen MR) is 62.2 cm³/mol. The van der Waals surface area contributed by atoms with E-state index in [0.717, 1.165) is 6.07 Å². The molecule has 7 nitrogen and oxygen atoms in total. The van der Waals surface area contributed by atoms with Crippen molar-refractivity contribution in [1.82, 2.24) is 0 Å². The van der Waals surface area contributed by atoms with Crippen molar-refractivity contribution in [2.24, 2.45) is 0 Å². The minimum atomic E-state index is -1.32. The first-order valence-corrected chi connectivity index (χ1v) is 5.12. The number of nitrogens with zero attached hydrogens (tertiary/aromatic N) is 1. The molecule has 0 aliphatic rings. The lowest BCUT2D eigenvalue weighted by Gasteiger charge is -1.99. The molecule has 0 aliphatic carbocycles. The molecule has 7 heteroatoms. The number of para-hydroxylation sites is 1. The van der Waals surface area contributed by atoms with E-state index >= 15 is 0 Å². The number of benzene rings is 1. The van der Waals surface area contributed by atoms with Crippen molar-refractivity contribution in [3.05, 3.63) is 63.6 Å². The summed E-state index contributed by atoms with van der Waals surface area (Å²) in [5.74, 6) is -2.71. The number of carboxylic acid groups (broad SMARTS) is 1. The zero-order valence-corrected chi connectivity index (χ0v) is 9.40. The minimum absolute atomic E-state index is 0.154. The zero-order chi connectivity index (χ0) is 14.0. The number of carboxylic acids is 1. The van der Waals surface area contributed by atoms with Crippen LogP contribution >= 0.6 is 0 Å². The van der Waals surface area contributed by atoms with Gasteiger partial charge in [-0.15, -0.1) is 0 Å². The zero-order valence-electron chi connectivity index (χ0n) is 9.40. The summed E-state index contributed by atoms with van der Waals surface area (Å²) in [4.78, 5) is 32.8. The molecule has 0 spiro atoms. The van der Waals surface area contributed by atoms with Gasteiger partial charge in [0.25, 0.3) is 5.69 Å². The number of hydrogen-bond donors (Lipinski definition) is 1. The molecule has 1 heterocycles. The second-order valence-corrected chi connectivity index (χ2v) is 3.57. The number of carbonyl (C=O) groups excluding carboxylic acids is 1. The van der Waals surface area contributed by atoms with Crippen molar-refractivity contribution in [2.75, 3.05) is 0 Å². The van der Waals surface area contributed by atoms with Gasteiger partial charge in [0.2, 0.25) is 11.5 Å². The van der Waals surface area contributed by atoms with Crippen molar-refractivity contribution in [3.8, 4) is 0 Å². The predicted octanol–water partition coefficient (Wildman–Crippen LogP) is 2.12. The highest BCUT2D eigenvalue weighted by Gasteiger charge is 2.23. The third kappa shape index (κ3) is 2.34. The van der Waals surface area contributed by atoms with Gasteiger partial charge in [-0.1, -0.05) is 12.1 Å². The van der Waals surface area contributed by atoms with Crippen LogP contribution in [0.15, 0.2) is 40.8 Å². The Kier molecular flexibility index (Phi) is 3.11. The van der Waals surface area contributed by atoms with Crippen LogP contribution in [0, 0.1) is 10.1 Å². The lowest BCUT2D eigenvalue weighted by molar-refractivity contribution is -0.385. The molecular weight excluding hydrogens is 254 g/mol. The molecular formula is C12H7NO6. The van der Waals surface area contributed by atoms with Crippen LogP contribution in [0.3, 0.4) is 0 Å². The Morgan fingerprint density at radius 3 is 2.32 bits per heavy atom. The van der Waals surface area contributed by atoms with E-state index in [1.54, 1.807) is 0 Å². The van der Waals surface area contributed by atoms with Crippen molar-refractivity contribution in [1.29, 1.82) is 0 Å². The highest BCUT2D eigenvalue weighted by Crippen LogP contribution is 2.22. The van der Waals surface area contributed by atoms with Gasteiger partial charge in [0, 0.05) is 6.07 Å². The molecule has 1 aromatic carbocycles. The third-order valence-electron chi connectivity index (χ3n) is 2.39. The lowest BCUT2D eigenvalue weighted by atomic mass is 10.1. The molecule has 0 saturated carbocycles. The number of rotatable bonds is 4. The van der Waals surface area contributed by atoms with Crippen molar-refractivity contribution in [3.63, 3.8) is 0 Å². The summed E-state index contributed by atoms with van der Waals surface area (Å²) in [6, 6.07) is 7.66. The fourth-order valence-electron chi connectivity index (χ4n) is 1.53. The van der Waals surface area contributed by atoms with E-state index in [4.69, 9.17) is 9.52 Å². The number of furan rings is 1. The van der Waals surface area contributed by atoms with Crippen LogP contribution in [-0.4, -0.2) is 21.8 Å². The Balaban J connectivity index is 2.44. The van der Waals surface area contributed by atoms with Crippen molar-refractivity contribution < 1.29 is 24.0 Å². The van der Waals surface area contributed by atoms with Gasteiger partial charge in [-0.3, -0.25) is 14.9 Å². The van der Waals surface area contributed by atoms with Crippen molar-refractivity contribution in [2.45, 2.75) is 0 Å². The molecule has 19 heavy (non-hydrogen) atoms. The average molecular weight is 261 g/mol. The molecule has 0 saturated heterocycles. The molecule has 2 aromatic rings. The second-order valence-electron chi connectivity index (χ2n) is 3.57. The van der Waals surface area contributed by atoms with Gasteiger partial charge in [0.1, 0.15) is 5.56 Å². The summed E-state index contributed by atoms with van der Waals surface area (Å²) in [7, 11) is 0. The number of nitro groups is 1. The molecule has 0 aliphatic heterocycles. The van der Waals surface area contributed by atoms with Gasteiger partial charge in [0.15, 0.2) is 5.76 Å². The first kappa shape index (κ1) is 12.5. The smallest absolute Gasteiger partial charge is 0.371 e. The number of carbonyl (C=O) groups is 2. The standard InChI is InChI=1S/C12H7NO6/c14-11(9-5-6-10(19-9)12(15)16)7-3-1-2-4-8(7)13(17)18/h1-6H,(H,15,16). The molecule has 1 N–H and O–H groups in total. The summed E-state index contributed by atoms with van der Waals surface area (Å²) in [6.07, 6.45) is 0. The van der Waals surface area contributed by atoms with Crippen LogP contribution in [-0.2, 0) is 0 Å². The third-order valence-corrected chi connectivity index (χ3v) is 2.39. The molecule has 0 amide bonds. The fraction of sp³-hybridized carbons (Fsp3) is 0. The monoisotopic (exact) mass is 261 g/mol. The number of nitro benzene ring substituents is 1. The Labute approximate surface area is 106 Å². The van der Waals surface area contributed by atoms with Crippen LogP contribution in [0.4, 0.5) is 5.69 Å². The van der Waals surface area contributed by atoms with E-state index in [1.165, 1.54) is 30.3 Å². The van der Waals surface area contributed by atoms with Gasteiger partial charge in [0.05, 0.1) is 4.92 Å². The van der Waals surface area contributed by atoms with Crippen LogP contribution < -0.4 is 0 Å². The van der Waals surface area contributed by atoms with Gasteiger partial charge in [-0.2, -0.15) is 0 Å². The summed E-state index contributed by atoms with van der Waals surface area (Å²) in [5.41, 5.74) is -0.514. The summed E-state index contributed by atoms with van der Waals surface area (Å²) in [6.45, 7) is 0. The number of ketones is 1. The summed E-state index contributed by atoms with van der Waals surface area (Å²) >= 11 is 0.